The Morgan fingerprint density at radius 1 is 1.38 bits per heavy atom. The van der Waals surface area contributed by atoms with Gasteiger partial charge in [0.25, 0.3) is 0 Å². The van der Waals surface area contributed by atoms with Crippen molar-refractivity contribution in [2.45, 2.75) is 26.1 Å². The average molecular weight is 311 g/mol. The van der Waals surface area contributed by atoms with Crippen LogP contribution in [0.1, 0.15) is 27.9 Å². The van der Waals surface area contributed by atoms with Gasteiger partial charge in [0.15, 0.2) is 0 Å². The molecule has 1 N–H and O–H groups in total. The molecule has 0 aliphatic heterocycles. The smallest absolute Gasteiger partial charge is 0.380 e. The van der Waals surface area contributed by atoms with E-state index < -0.39 is 11.7 Å². The molecule has 1 heterocycles. The topological polar surface area (TPSA) is 48.7 Å². The summed E-state index contributed by atoms with van der Waals surface area (Å²) in [7, 11) is 0. The molecule has 0 unspecified atom stereocenters. The van der Waals surface area contributed by atoms with Crippen LogP contribution in [0.3, 0.4) is 0 Å². The Balaban J connectivity index is 2.21. The molecule has 0 radical (unpaired) electrons. The molecule has 21 heavy (non-hydrogen) atoms. The Bertz CT molecular complexity index is 671. The first-order valence-corrected chi connectivity index (χ1v) is 7.04. The summed E-state index contributed by atoms with van der Waals surface area (Å²) in [5.41, 5.74) is -0.881. The van der Waals surface area contributed by atoms with Crippen LogP contribution < -0.4 is 5.32 Å². The molecule has 7 heteroatoms. The van der Waals surface area contributed by atoms with E-state index in [1.807, 2.05) is 6.92 Å². The van der Waals surface area contributed by atoms with Crippen molar-refractivity contribution >= 4 is 17.0 Å². The molecule has 0 aliphatic carbocycles. The Labute approximate surface area is 124 Å². The van der Waals surface area contributed by atoms with E-state index >= 15 is 0 Å². The molecule has 0 spiro atoms. The van der Waals surface area contributed by atoms with Gasteiger partial charge in [-0.05, 0) is 24.6 Å². The zero-order valence-electron chi connectivity index (χ0n) is 11.2. The first-order chi connectivity index (χ1) is 9.94. The van der Waals surface area contributed by atoms with Crippen molar-refractivity contribution in [3.05, 3.63) is 45.4 Å². The van der Waals surface area contributed by atoms with Gasteiger partial charge in [0, 0.05) is 16.8 Å². The number of alkyl halides is 3. The van der Waals surface area contributed by atoms with Gasteiger partial charge in [-0.3, -0.25) is 0 Å². The predicted octanol–water partition coefficient (Wildman–Crippen LogP) is 4.21. The van der Waals surface area contributed by atoms with Gasteiger partial charge >= 0.3 is 6.18 Å². The van der Waals surface area contributed by atoms with Crippen LogP contribution in [0.2, 0.25) is 0 Å². The van der Waals surface area contributed by atoms with Gasteiger partial charge in [0.2, 0.25) is 0 Å². The highest BCUT2D eigenvalue weighted by Gasteiger charge is 2.33. The zero-order chi connectivity index (χ0) is 15.5. The summed E-state index contributed by atoms with van der Waals surface area (Å²) >= 11 is 1.47. The number of rotatable bonds is 4. The van der Waals surface area contributed by atoms with Crippen LogP contribution in [-0.2, 0) is 19.1 Å². The van der Waals surface area contributed by atoms with E-state index in [9.17, 15) is 13.2 Å². The first kappa shape index (κ1) is 15.3. The van der Waals surface area contributed by atoms with Crippen molar-refractivity contribution < 1.29 is 13.2 Å². The standard InChI is InChI=1S/C14H12F3N3S/c1-2-13-20-8-10(21-13)7-19-12-4-3-9(6-18)5-11(12)14(15,16)17/h3-5,8,19H,2,7H2,1H3. The van der Waals surface area contributed by atoms with Crippen LogP contribution in [0.5, 0.6) is 0 Å². The van der Waals surface area contributed by atoms with Gasteiger partial charge in [0.05, 0.1) is 28.7 Å². The maximum Gasteiger partial charge on any atom is 0.418 e. The second kappa shape index (κ2) is 6.14. The van der Waals surface area contributed by atoms with Gasteiger partial charge in [0.1, 0.15) is 0 Å². The largest absolute Gasteiger partial charge is 0.418 e. The zero-order valence-corrected chi connectivity index (χ0v) is 12.0. The fraction of sp³-hybridized carbons (Fsp3) is 0.286. The second-order valence-electron chi connectivity index (χ2n) is 4.30. The predicted molar refractivity (Wildman–Crippen MR) is 75.0 cm³/mol. The number of aromatic nitrogens is 1. The Hall–Kier alpha value is -2.07. The quantitative estimate of drug-likeness (QED) is 0.920. The molecule has 0 amide bonds. The maximum absolute atomic E-state index is 13.0. The number of anilines is 1. The number of halogens is 3. The number of nitrogens with zero attached hydrogens (tertiary/aromatic N) is 2. The fourth-order valence-corrected chi connectivity index (χ4v) is 2.58. The number of benzene rings is 1. The molecule has 110 valence electrons. The van der Waals surface area contributed by atoms with E-state index in [1.54, 1.807) is 12.3 Å². The lowest BCUT2D eigenvalue weighted by molar-refractivity contribution is -0.137. The lowest BCUT2D eigenvalue weighted by Crippen LogP contribution is -2.11. The van der Waals surface area contributed by atoms with Crippen LogP contribution >= 0.6 is 11.3 Å². The Kier molecular flexibility index (Phi) is 4.48. The highest BCUT2D eigenvalue weighted by atomic mass is 32.1. The van der Waals surface area contributed by atoms with Gasteiger partial charge < -0.3 is 5.32 Å². The monoisotopic (exact) mass is 311 g/mol. The van der Waals surface area contributed by atoms with Crippen molar-refractivity contribution in [3.63, 3.8) is 0 Å². The number of thiazole rings is 1. The molecule has 0 fully saturated rings. The minimum absolute atomic E-state index is 0.0149. The number of hydrogen-bond donors (Lipinski definition) is 1. The van der Waals surface area contributed by atoms with E-state index in [1.165, 1.54) is 23.5 Å². The summed E-state index contributed by atoms with van der Waals surface area (Å²) in [6, 6.07) is 5.21. The lowest BCUT2D eigenvalue weighted by atomic mass is 10.1. The number of aryl methyl sites for hydroxylation is 1. The normalized spacial score (nSPS) is 11.2. The SMILES string of the molecule is CCc1ncc(CNc2ccc(C#N)cc2C(F)(F)F)s1. The van der Waals surface area contributed by atoms with Crippen molar-refractivity contribution in [3.8, 4) is 6.07 Å². The van der Waals surface area contributed by atoms with E-state index in [-0.39, 0.29) is 17.8 Å². The third-order valence-electron chi connectivity index (χ3n) is 2.81. The summed E-state index contributed by atoms with van der Waals surface area (Å²) in [6.07, 6.45) is -2.04. The fourth-order valence-electron chi connectivity index (χ4n) is 1.78. The molecule has 0 atom stereocenters. The molecule has 0 aliphatic rings. The number of nitriles is 1. The third-order valence-corrected chi connectivity index (χ3v) is 3.95. The van der Waals surface area contributed by atoms with Crippen LogP contribution in [0.15, 0.2) is 24.4 Å². The molecular formula is C14H12F3N3S. The van der Waals surface area contributed by atoms with Crippen LogP contribution in [-0.4, -0.2) is 4.98 Å². The summed E-state index contributed by atoms with van der Waals surface area (Å²) < 4.78 is 39.0. The number of nitrogens with one attached hydrogen (secondary N) is 1. The summed E-state index contributed by atoms with van der Waals surface area (Å²) in [5, 5.41) is 12.4. The summed E-state index contributed by atoms with van der Waals surface area (Å²) in [6.45, 7) is 2.24. The Morgan fingerprint density at radius 3 is 2.71 bits per heavy atom. The average Bonchev–Trinajstić information content (AvgIpc) is 2.92. The van der Waals surface area contributed by atoms with Crippen LogP contribution in [0, 0.1) is 11.3 Å². The molecule has 2 aromatic rings. The van der Waals surface area contributed by atoms with Crippen LogP contribution in [0.4, 0.5) is 18.9 Å². The molecule has 0 bridgehead atoms. The molecule has 2 rings (SSSR count). The third kappa shape index (κ3) is 3.73. The van der Waals surface area contributed by atoms with Crippen molar-refractivity contribution in [1.29, 1.82) is 5.26 Å². The summed E-state index contributed by atoms with van der Waals surface area (Å²) in [4.78, 5) is 5.02. The summed E-state index contributed by atoms with van der Waals surface area (Å²) in [5.74, 6) is 0. The van der Waals surface area contributed by atoms with E-state index in [0.29, 0.717) is 0 Å². The molecule has 3 nitrogen and oxygen atoms in total. The highest BCUT2D eigenvalue weighted by molar-refractivity contribution is 7.11. The van der Waals surface area contributed by atoms with E-state index in [0.717, 1.165) is 22.4 Å². The van der Waals surface area contributed by atoms with Gasteiger partial charge in [-0.2, -0.15) is 18.4 Å². The van der Waals surface area contributed by atoms with Gasteiger partial charge in [-0.1, -0.05) is 6.92 Å². The first-order valence-electron chi connectivity index (χ1n) is 6.23. The molecule has 0 saturated heterocycles. The van der Waals surface area contributed by atoms with Crippen LogP contribution in [0.25, 0.3) is 0 Å². The van der Waals surface area contributed by atoms with Gasteiger partial charge in [-0.15, -0.1) is 11.3 Å². The second-order valence-corrected chi connectivity index (χ2v) is 5.50. The Morgan fingerprint density at radius 2 is 2.14 bits per heavy atom. The van der Waals surface area contributed by atoms with Crippen molar-refractivity contribution in [1.82, 2.24) is 4.98 Å². The minimum atomic E-state index is -4.50. The van der Waals surface area contributed by atoms with Gasteiger partial charge in [-0.25, -0.2) is 4.98 Å². The van der Waals surface area contributed by atoms with Crippen molar-refractivity contribution in [2.24, 2.45) is 0 Å². The maximum atomic E-state index is 13.0. The molecular weight excluding hydrogens is 299 g/mol. The molecule has 0 saturated carbocycles. The van der Waals surface area contributed by atoms with E-state index in [2.05, 4.69) is 10.3 Å². The van der Waals surface area contributed by atoms with Crippen molar-refractivity contribution in [2.75, 3.05) is 5.32 Å². The molecule has 1 aromatic carbocycles. The molecule has 1 aromatic heterocycles. The minimum Gasteiger partial charge on any atom is -0.380 e. The lowest BCUT2D eigenvalue weighted by Gasteiger charge is -2.14. The van der Waals surface area contributed by atoms with E-state index in [4.69, 9.17) is 5.26 Å². The number of hydrogen-bond acceptors (Lipinski definition) is 4. The highest BCUT2D eigenvalue weighted by Crippen LogP contribution is 2.35.